The van der Waals surface area contributed by atoms with Gasteiger partial charge in [0.15, 0.2) is 0 Å². The highest BCUT2D eigenvalue weighted by Crippen LogP contribution is 2.15. The van der Waals surface area contributed by atoms with E-state index >= 15 is 0 Å². The van der Waals surface area contributed by atoms with E-state index in [1.807, 2.05) is 0 Å². The fraction of sp³-hybridized carbons (Fsp3) is 0.647. The van der Waals surface area contributed by atoms with Crippen LogP contribution < -0.4 is 0 Å². The zero-order valence-electron chi connectivity index (χ0n) is 13.4. The van der Waals surface area contributed by atoms with Crippen LogP contribution in [0.5, 0.6) is 0 Å². The van der Waals surface area contributed by atoms with Gasteiger partial charge in [-0.05, 0) is 49.4 Å². The molecule has 0 saturated heterocycles. The molecule has 0 unspecified atom stereocenters. The summed E-state index contributed by atoms with van der Waals surface area (Å²) in [7, 11) is -1.08. The van der Waals surface area contributed by atoms with Gasteiger partial charge in [0.1, 0.15) is 0 Å². The minimum absolute atomic E-state index is 0.855. The molecule has 0 N–H and O–H groups in total. The van der Waals surface area contributed by atoms with Crippen molar-refractivity contribution in [1.82, 2.24) is 0 Å². The molecular weight excluding hydrogens is 344 g/mol. The average Bonchev–Trinajstić information content (AvgIpc) is 2.47. The van der Waals surface area contributed by atoms with Crippen LogP contribution in [0.2, 0.25) is 6.04 Å². The Morgan fingerprint density at radius 1 is 1.00 bits per heavy atom. The van der Waals surface area contributed by atoms with Gasteiger partial charge in [-0.3, -0.25) is 0 Å². The van der Waals surface area contributed by atoms with Gasteiger partial charge >= 0.3 is 9.28 Å². The predicted octanol–water partition coefficient (Wildman–Crippen LogP) is 5.50. The third-order valence-electron chi connectivity index (χ3n) is 3.26. The Bertz CT molecular complexity index is 364. The normalized spacial score (nSPS) is 11.2. The second-order valence-electron chi connectivity index (χ2n) is 5.26. The van der Waals surface area contributed by atoms with Crippen LogP contribution in [0.1, 0.15) is 51.5 Å². The van der Waals surface area contributed by atoms with E-state index in [1.54, 1.807) is 0 Å². The molecule has 0 aliphatic heterocycles. The number of aryl methyl sites for hydroxylation is 1. The molecule has 4 heteroatoms. The van der Waals surface area contributed by atoms with Crippen molar-refractivity contribution in [1.29, 1.82) is 0 Å². The van der Waals surface area contributed by atoms with E-state index in [9.17, 15) is 0 Å². The van der Waals surface area contributed by atoms with Crippen molar-refractivity contribution in [3.63, 3.8) is 0 Å². The zero-order valence-corrected chi connectivity index (χ0v) is 16.0. The van der Waals surface area contributed by atoms with E-state index in [0.717, 1.165) is 49.4 Å². The molecule has 0 aliphatic rings. The molecule has 0 bridgehead atoms. The predicted molar refractivity (Wildman–Crippen MR) is 94.7 cm³/mol. The number of hydrogen-bond donors (Lipinski definition) is 0. The molecule has 2 nitrogen and oxygen atoms in total. The quantitative estimate of drug-likeness (QED) is 0.356. The second-order valence-corrected chi connectivity index (χ2v) is 8.00. The van der Waals surface area contributed by atoms with Gasteiger partial charge in [-0.25, -0.2) is 0 Å². The van der Waals surface area contributed by atoms with Crippen LogP contribution in [0, 0.1) is 0 Å². The number of unbranched alkanes of at least 4 members (excludes halogenated alkanes) is 2. The van der Waals surface area contributed by atoms with E-state index in [-0.39, 0.29) is 0 Å². The third-order valence-corrected chi connectivity index (χ3v) is 5.56. The minimum atomic E-state index is -1.08. The van der Waals surface area contributed by atoms with Crippen molar-refractivity contribution in [2.24, 2.45) is 0 Å². The molecule has 0 aliphatic carbocycles. The standard InChI is InChI=1S/C17H28BrO2Si/c1-3-5-12-19-21(20-13-6-4-2)14-8-10-16-9-7-11-17(18)15-16/h7,9,11,15H,3-6,8,10,12-14H2,1-2H3. The van der Waals surface area contributed by atoms with Crippen molar-refractivity contribution < 1.29 is 8.85 Å². The lowest BCUT2D eigenvalue weighted by atomic mass is 10.1. The molecule has 1 radical (unpaired) electrons. The van der Waals surface area contributed by atoms with Gasteiger partial charge in [0.25, 0.3) is 0 Å². The first-order valence-corrected chi connectivity index (χ1v) is 10.4. The van der Waals surface area contributed by atoms with E-state index in [0.29, 0.717) is 0 Å². The molecule has 0 aromatic heterocycles. The summed E-state index contributed by atoms with van der Waals surface area (Å²) in [5.41, 5.74) is 1.38. The van der Waals surface area contributed by atoms with Gasteiger partial charge in [0.2, 0.25) is 0 Å². The molecule has 1 aromatic rings. The number of rotatable bonds is 12. The Kier molecular flexibility index (Phi) is 11.1. The van der Waals surface area contributed by atoms with Crippen LogP contribution in [0.25, 0.3) is 0 Å². The fourth-order valence-corrected chi connectivity index (χ4v) is 4.00. The summed E-state index contributed by atoms with van der Waals surface area (Å²) in [5, 5.41) is 0. The minimum Gasteiger partial charge on any atom is -0.393 e. The van der Waals surface area contributed by atoms with Crippen molar-refractivity contribution in [2.75, 3.05) is 13.2 Å². The van der Waals surface area contributed by atoms with E-state index < -0.39 is 9.28 Å². The maximum atomic E-state index is 5.96. The van der Waals surface area contributed by atoms with Gasteiger partial charge in [-0.1, -0.05) is 54.8 Å². The topological polar surface area (TPSA) is 18.5 Å². The molecule has 119 valence electrons. The highest BCUT2D eigenvalue weighted by molar-refractivity contribution is 9.10. The highest BCUT2D eigenvalue weighted by Gasteiger charge is 2.15. The number of halogens is 1. The smallest absolute Gasteiger partial charge is 0.384 e. The molecule has 0 atom stereocenters. The second kappa shape index (κ2) is 12.4. The summed E-state index contributed by atoms with van der Waals surface area (Å²) in [6.07, 6.45) is 6.88. The average molecular weight is 372 g/mol. The summed E-state index contributed by atoms with van der Waals surface area (Å²) >= 11 is 3.52. The SMILES string of the molecule is CCCCO[Si](CCCc1cccc(Br)c1)OCCCC. The fourth-order valence-electron chi connectivity index (χ4n) is 1.98. The first kappa shape index (κ1) is 18.9. The van der Waals surface area contributed by atoms with Crippen LogP contribution in [-0.2, 0) is 15.3 Å². The maximum Gasteiger partial charge on any atom is 0.384 e. The first-order valence-electron chi connectivity index (χ1n) is 8.12. The molecule has 0 spiro atoms. The Morgan fingerprint density at radius 2 is 1.67 bits per heavy atom. The van der Waals surface area contributed by atoms with Crippen LogP contribution >= 0.6 is 15.9 Å². The third kappa shape index (κ3) is 9.45. The summed E-state index contributed by atoms with van der Waals surface area (Å²) in [4.78, 5) is 0. The summed E-state index contributed by atoms with van der Waals surface area (Å²) < 4.78 is 13.1. The van der Waals surface area contributed by atoms with Crippen molar-refractivity contribution in [2.45, 2.75) is 58.4 Å². The Morgan fingerprint density at radius 3 is 2.24 bits per heavy atom. The molecule has 0 amide bonds. The molecule has 21 heavy (non-hydrogen) atoms. The molecular formula is C17H28BrO2Si. The van der Waals surface area contributed by atoms with E-state index in [1.165, 1.54) is 18.4 Å². The Labute approximate surface area is 140 Å². The van der Waals surface area contributed by atoms with Crippen LogP contribution in [0.4, 0.5) is 0 Å². The van der Waals surface area contributed by atoms with Crippen molar-refractivity contribution >= 4 is 25.2 Å². The lowest BCUT2D eigenvalue weighted by Crippen LogP contribution is -2.24. The molecule has 0 saturated carbocycles. The van der Waals surface area contributed by atoms with Crippen LogP contribution in [0.3, 0.4) is 0 Å². The van der Waals surface area contributed by atoms with E-state index in [4.69, 9.17) is 8.85 Å². The van der Waals surface area contributed by atoms with Gasteiger partial charge in [-0.15, -0.1) is 0 Å². The van der Waals surface area contributed by atoms with E-state index in [2.05, 4.69) is 54.0 Å². The van der Waals surface area contributed by atoms with Crippen LogP contribution in [0.15, 0.2) is 28.7 Å². The number of benzene rings is 1. The summed E-state index contributed by atoms with van der Waals surface area (Å²) in [6.45, 7) is 6.10. The molecule has 0 fully saturated rings. The Hall–Kier alpha value is -0.163. The van der Waals surface area contributed by atoms with Crippen molar-refractivity contribution in [3.8, 4) is 0 Å². The molecule has 1 aromatic carbocycles. The van der Waals surface area contributed by atoms with Crippen LogP contribution in [-0.4, -0.2) is 22.5 Å². The van der Waals surface area contributed by atoms with Gasteiger partial charge < -0.3 is 8.85 Å². The largest absolute Gasteiger partial charge is 0.393 e. The lowest BCUT2D eigenvalue weighted by Gasteiger charge is -2.15. The van der Waals surface area contributed by atoms with Crippen molar-refractivity contribution in [3.05, 3.63) is 34.3 Å². The summed E-state index contributed by atoms with van der Waals surface area (Å²) in [5.74, 6) is 0. The highest BCUT2D eigenvalue weighted by atomic mass is 79.9. The van der Waals surface area contributed by atoms with Gasteiger partial charge in [-0.2, -0.15) is 0 Å². The number of hydrogen-bond acceptors (Lipinski definition) is 2. The monoisotopic (exact) mass is 371 g/mol. The maximum absolute atomic E-state index is 5.96. The first-order chi connectivity index (χ1) is 10.3. The van der Waals surface area contributed by atoms with Gasteiger partial charge in [0, 0.05) is 17.7 Å². The zero-order chi connectivity index (χ0) is 15.3. The Balaban J connectivity index is 2.29. The molecule has 1 rings (SSSR count). The van der Waals surface area contributed by atoms with Gasteiger partial charge in [0.05, 0.1) is 0 Å². The summed E-state index contributed by atoms with van der Waals surface area (Å²) in [6, 6.07) is 9.63. The lowest BCUT2D eigenvalue weighted by molar-refractivity contribution is 0.191. The molecule has 0 heterocycles.